The summed E-state index contributed by atoms with van der Waals surface area (Å²) in [5, 5.41) is 4.68. The lowest BCUT2D eigenvalue weighted by Gasteiger charge is -2.34. The maximum absolute atomic E-state index is 5.59. The van der Waals surface area contributed by atoms with Gasteiger partial charge in [-0.1, -0.05) is 27.7 Å². The summed E-state index contributed by atoms with van der Waals surface area (Å²) in [6, 6.07) is 0.988. The molecule has 1 fully saturated rings. The Labute approximate surface area is 126 Å². The van der Waals surface area contributed by atoms with Crippen LogP contribution in [0.1, 0.15) is 44.7 Å². The maximum atomic E-state index is 5.59. The van der Waals surface area contributed by atoms with E-state index in [1.165, 1.54) is 15.7 Å². The molecule has 0 bridgehead atoms. The Morgan fingerprint density at radius 1 is 1.45 bits per heavy atom. The van der Waals surface area contributed by atoms with Crippen LogP contribution >= 0.6 is 11.3 Å². The zero-order chi connectivity index (χ0) is 14.5. The van der Waals surface area contributed by atoms with E-state index in [-0.39, 0.29) is 0 Å². The lowest BCUT2D eigenvalue weighted by molar-refractivity contribution is 0.0929. The van der Waals surface area contributed by atoms with E-state index < -0.39 is 0 Å². The van der Waals surface area contributed by atoms with E-state index in [2.05, 4.69) is 37.9 Å². The molecule has 1 aliphatic heterocycles. The van der Waals surface area contributed by atoms with Crippen LogP contribution in [0, 0.1) is 0 Å². The molecule has 5 heteroatoms. The first kappa shape index (κ1) is 15.7. The van der Waals surface area contributed by atoms with Gasteiger partial charge in [-0.05, 0) is 12.8 Å². The molecule has 0 amide bonds. The molecule has 0 spiro atoms. The second-order valence-electron chi connectivity index (χ2n) is 5.59. The maximum Gasteiger partial charge on any atom is 0.186 e. The molecule has 1 unspecified atom stereocenters. The van der Waals surface area contributed by atoms with Crippen molar-refractivity contribution in [2.75, 3.05) is 24.7 Å². The van der Waals surface area contributed by atoms with Gasteiger partial charge in [0.15, 0.2) is 5.13 Å². The van der Waals surface area contributed by atoms with Crippen LogP contribution in [0.15, 0.2) is 0 Å². The third-order valence-corrected chi connectivity index (χ3v) is 4.85. The standard InChI is InChI=1S/C15H27N3OS/c1-5-12-10-19-8-7-18(12)15-17-13(6-2)14(20-15)9-16-11(3)4/h11-12,16H,5-10H2,1-4H3. The monoisotopic (exact) mass is 297 g/mol. The summed E-state index contributed by atoms with van der Waals surface area (Å²) in [5.74, 6) is 0. The Morgan fingerprint density at radius 3 is 2.90 bits per heavy atom. The molecule has 0 radical (unpaired) electrons. The molecule has 1 N–H and O–H groups in total. The minimum Gasteiger partial charge on any atom is -0.377 e. The highest BCUT2D eigenvalue weighted by Crippen LogP contribution is 2.30. The predicted molar refractivity (Wildman–Crippen MR) is 85.7 cm³/mol. The lowest BCUT2D eigenvalue weighted by atomic mass is 10.2. The number of nitrogens with zero attached hydrogens (tertiary/aromatic N) is 2. The molecule has 1 atom stereocenters. The van der Waals surface area contributed by atoms with Gasteiger partial charge in [-0.3, -0.25) is 0 Å². The van der Waals surface area contributed by atoms with Gasteiger partial charge >= 0.3 is 0 Å². The molecule has 0 aromatic carbocycles. The number of thiazole rings is 1. The minimum absolute atomic E-state index is 0.477. The average molecular weight is 297 g/mol. The van der Waals surface area contributed by atoms with Crippen molar-refractivity contribution in [2.24, 2.45) is 0 Å². The van der Waals surface area contributed by atoms with E-state index in [1.807, 2.05) is 11.3 Å². The summed E-state index contributed by atoms with van der Waals surface area (Å²) in [7, 11) is 0. The van der Waals surface area contributed by atoms with Crippen LogP contribution in [-0.2, 0) is 17.7 Å². The van der Waals surface area contributed by atoms with Crippen LogP contribution in [-0.4, -0.2) is 36.8 Å². The third-order valence-electron chi connectivity index (χ3n) is 3.72. The fourth-order valence-corrected chi connectivity index (χ4v) is 3.65. The summed E-state index contributed by atoms with van der Waals surface area (Å²) in [4.78, 5) is 8.70. The fourth-order valence-electron chi connectivity index (χ4n) is 2.45. The van der Waals surface area contributed by atoms with Crippen molar-refractivity contribution in [3.63, 3.8) is 0 Å². The van der Waals surface area contributed by atoms with Gasteiger partial charge in [0, 0.05) is 24.0 Å². The first-order valence-corrected chi connectivity index (χ1v) is 8.53. The SMILES string of the molecule is CCc1nc(N2CCOCC2CC)sc1CNC(C)C. The van der Waals surface area contributed by atoms with Crippen molar-refractivity contribution in [1.82, 2.24) is 10.3 Å². The van der Waals surface area contributed by atoms with Gasteiger partial charge in [-0.15, -0.1) is 11.3 Å². The zero-order valence-corrected chi connectivity index (χ0v) is 13.9. The Kier molecular flexibility index (Phi) is 5.81. The number of rotatable bonds is 6. The van der Waals surface area contributed by atoms with E-state index >= 15 is 0 Å². The molecule has 20 heavy (non-hydrogen) atoms. The first-order chi connectivity index (χ1) is 9.65. The smallest absolute Gasteiger partial charge is 0.186 e. The van der Waals surface area contributed by atoms with Crippen molar-refractivity contribution >= 4 is 16.5 Å². The van der Waals surface area contributed by atoms with Crippen LogP contribution < -0.4 is 10.2 Å². The molecular formula is C15H27N3OS. The van der Waals surface area contributed by atoms with Crippen molar-refractivity contribution < 1.29 is 4.74 Å². The Morgan fingerprint density at radius 2 is 2.25 bits per heavy atom. The highest BCUT2D eigenvalue weighted by molar-refractivity contribution is 7.15. The molecule has 1 saturated heterocycles. The number of nitrogens with one attached hydrogen (secondary N) is 1. The summed E-state index contributed by atoms with van der Waals surface area (Å²) < 4.78 is 5.59. The summed E-state index contributed by atoms with van der Waals surface area (Å²) in [6.45, 7) is 12.3. The van der Waals surface area contributed by atoms with Crippen molar-refractivity contribution in [3.8, 4) is 0 Å². The van der Waals surface area contributed by atoms with Crippen molar-refractivity contribution in [1.29, 1.82) is 0 Å². The van der Waals surface area contributed by atoms with Crippen LogP contribution in [0.2, 0.25) is 0 Å². The van der Waals surface area contributed by atoms with Crippen LogP contribution in [0.5, 0.6) is 0 Å². The zero-order valence-electron chi connectivity index (χ0n) is 13.1. The molecule has 4 nitrogen and oxygen atoms in total. The van der Waals surface area contributed by atoms with E-state index in [9.17, 15) is 0 Å². The number of anilines is 1. The van der Waals surface area contributed by atoms with E-state index in [0.29, 0.717) is 12.1 Å². The van der Waals surface area contributed by atoms with Gasteiger partial charge in [0.05, 0.1) is 24.9 Å². The topological polar surface area (TPSA) is 37.4 Å². The van der Waals surface area contributed by atoms with E-state index in [1.54, 1.807) is 0 Å². The highest BCUT2D eigenvalue weighted by Gasteiger charge is 2.25. The Balaban J connectivity index is 2.14. The third kappa shape index (κ3) is 3.71. The summed E-state index contributed by atoms with van der Waals surface area (Å²) >= 11 is 1.85. The van der Waals surface area contributed by atoms with Crippen LogP contribution in [0.3, 0.4) is 0 Å². The Bertz CT molecular complexity index is 419. The number of ether oxygens (including phenoxy) is 1. The van der Waals surface area contributed by atoms with Crippen molar-refractivity contribution in [3.05, 3.63) is 10.6 Å². The largest absolute Gasteiger partial charge is 0.377 e. The number of aromatic nitrogens is 1. The second kappa shape index (κ2) is 7.38. The number of morpholine rings is 1. The first-order valence-electron chi connectivity index (χ1n) is 7.72. The highest BCUT2D eigenvalue weighted by atomic mass is 32.1. The molecule has 0 saturated carbocycles. The van der Waals surface area contributed by atoms with Gasteiger partial charge in [0.1, 0.15) is 0 Å². The number of aryl methyl sites for hydroxylation is 1. The van der Waals surface area contributed by atoms with Gasteiger partial charge in [-0.2, -0.15) is 0 Å². The van der Waals surface area contributed by atoms with E-state index in [0.717, 1.165) is 39.1 Å². The van der Waals surface area contributed by atoms with Gasteiger partial charge in [0.2, 0.25) is 0 Å². The molecule has 114 valence electrons. The normalized spacial score (nSPS) is 19.9. The minimum atomic E-state index is 0.477. The molecule has 1 aliphatic rings. The van der Waals surface area contributed by atoms with Gasteiger partial charge in [-0.25, -0.2) is 4.98 Å². The fraction of sp³-hybridized carbons (Fsp3) is 0.800. The second-order valence-corrected chi connectivity index (χ2v) is 6.65. The van der Waals surface area contributed by atoms with Gasteiger partial charge < -0.3 is 15.0 Å². The predicted octanol–water partition coefficient (Wildman–Crippen LogP) is 2.82. The van der Waals surface area contributed by atoms with E-state index in [4.69, 9.17) is 9.72 Å². The van der Waals surface area contributed by atoms with Crippen molar-refractivity contribution in [2.45, 2.75) is 59.2 Å². The average Bonchev–Trinajstić information content (AvgIpc) is 2.88. The molecule has 2 heterocycles. The molecule has 1 aromatic rings. The molecular weight excluding hydrogens is 270 g/mol. The lowest BCUT2D eigenvalue weighted by Crippen LogP contribution is -2.45. The quantitative estimate of drug-likeness (QED) is 0.876. The summed E-state index contributed by atoms with van der Waals surface area (Å²) in [6.07, 6.45) is 2.12. The molecule has 1 aromatic heterocycles. The summed E-state index contributed by atoms with van der Waals surface area (Å²) in [5.41, 5.74) is 1.25. The van der Waals surface area contributed by atoms with Crippen LogP contribution in [0.25, 0.3) is 0 Å². The molecule has 2 rings (SSSR count). The number of hydrogen-bond donors (Lipinski definition) is 1. The Hall–Kier alpha value is -0.650. The molecule has 0 aliphatic carbocycles. The number of hydrogen-bond acceptors (Lipinski definition) is 5. The van der Waals surface area contributed by atoms with Gasteiger partial charge in [0.25, 0.3) is 0 Å². The van der Waals surface area contributed by atoms with Crippen LogP contribution in [0.4, 0.5) is 5.13 Å².